The molecule has 2 aromatic rings. The summed E-state index contributed by atoms with van der Waals surface area (Å²) in [7, 11) is -2.29. The smallest absolute Gasteiger partial charge is 0.241 e. The highest BCUT2D eigenvalue weighted by molar-refractivity contribution is 7.89. The maximum Gasteiger partial charge on any atom is 0.241 e. The number of hydrogen-bond acceptors (Lipinski definition) is 4. The van der Waals surface area contributed by atoms with Gasteiger partial charge < -0.3 is 10.1 Å². The van der Waals surface area contributed by atoms with Crippen molar-refractivity contribution in [1.29, 1.82) is 0 Å². The fourth-order valence-electron chi connectivity index (χ4n) is 3.68. The molecule has 172 valence electrons. The number of benzene rings is 2. The first-order valence-electron chi connectivity index (χ1n) is 10.7. The summed E-state index contributed by atoms with van der Waals surface area (Å²) in [6, 6.07) is 12.2. The number of ether oxygens (including phenoxy) is 1. The third kappa shape index (κ3) is 7.08. The van der Waals surface area contributed by atoms with E-state index in [-0.39, 0.29) is 17.2 Å². The molecule has 0 bridgehead atoms. The topological polar surface area (TPSA) is 84.5 Å². The molecule has 1 atom stereocenters. The van der Waals surface area contributed by atoms with Crippen LogP contribution in [0.2, 0.25) is 5.02 Å². The van der Waals surface area contributed by atoms with Crippen LogP contribution in [0.15, 0.2) is 65.1 Å². The first-order valence-corrected chi connectivity index (χ1v) is 12.6. The molecule has 0 unspecified atom stereocenters. The van der Waals surface area contributed by atoms with Crippen molar-refractivity contribution in [2.45, 2.75) is 49.5 Å². The standard InChI is InChI=1S/C24H29ClN2O4S/c1-31-21-11-7-19(8-12-21)23(27-32(29,30)22-13-9-20(25)10-14-22)17-24(28)26-16-15-18-5-3-2-4-6-18/h5,7-14,23,27H,2-4,6,15-17H2,1H3,(H,26,28)/t23-/m0/s1. The molecule has 1 amide bonds. The highest BCUT2D eigenvalue weighted by Gasteiger charge is 2.24. The summed E-state index contributed by atoms with van der Waals surface area (Å²) in [6.45, 7) is 0.546. The largest absolute Gasteiger partial charge is 0.497 e. The summed E-state index contributed by atoms with van der Waals surface area (Å²) in [5, 5.41) is 3.38. The molecule has 8 heteroatoms. The first kappa shape index (κ1) is 24.3. The van der Waals surface area contributed by atoms with E-state index in [2.05, 4.69) is 16.1 Å². The van der Waals surface area contributed by atoms with Gasteiger partial charge in [-0.2, -0.15) is 0 Å². The average Bonchev–Trinajstić information content (AvgIpc) is 2.79. The Morgan fingerprint density at radius 3 is 2.44 bits per heavy atom. The number of nitrogens with one attached hydrogen (secondary N) is 2. The van der Waals surface area contributed by atoms with Crippen LogP contribution < -0.4 is 14.8 Å². The lowest BCUT2D eigenvalue weighted by Crippen LogP contribution is -2.34. The summed E-state index contributed by atoms with van der Waals surface area (Å²) in [4.78, 5) is 12.7. The molecule has 1 aliphatic rings. The van der Waals surface area contributed by atoms with Crippen LogP contribution in [0, 0.1) is 0 Å². The molecule has 6 nitrogen and oxygen atoms in total. The van der Waals surface area contributed by atoms with Gasteiger partial charge in [0.25, 0.3) is 0 Å². The van der Waals surface area contributed by atoms with Crippen molar-refractivity contribution in [3.05, 3.63) is 70.8 Å². The number of sulfonamides is 1. The zero-order chi connectivity index (χ0) is 23.0. The van der Waals surface area contributed by atoms with E-state index in [1.54, 1.807) is 31.4 Å². The van der Waals surface area contributed by atoms with Crippen molar-refractivity contribution in [3.63, 3.8) is 0 Å². The van der Waals surface area contributed by atoms with Gasteiger partial charge in [-0.05, 0) is 74.1 Å². The second kappa shape index (κ2) is 11.5. The van der Waals surface area contributed by atoms with Crippen molar-refractivity contribution >= 4 is 27.5 Å². The van der Waals surface area contributed by atoms with Gasteiger partial charge >= 0.3 is 0 Å². The van der Waals surface area contributed by atoms with Crippen molar-refractivity contribution in [2.75, 3.05) is 13.7 Å². The van der Waals surface area contributed by atoms with E-state index < -0.39 is 16.1 Å². The zero-order valence-corrected chi connectivity index (χ0v) is 19.7. The zero-order valence-electron chi connectivity index (χ0n) is 18.1. The van der Waals surface area contributed by atoms with Crippen molar-refractivity contribution in [1.82, 2.24) is 10.0 Å². The van der Waals surface area contributed by atoms with E-state index in [9.17, 15) is 13.2 Å². The molecule has 0 aromatic heterocycles. The molecule has 0 radical (unpaired) electrons. The van der Waals surface area contributed by atoms with Crippen molar-refractivity contribution in [3.8, 4) is 5.75 Å². The Morgan fingerprint density at radius 2 is 1.81 bits per heavy atom. The van der Waals surface area contributed by atoms with Gasteiger partial charge in [0.2, 0.25) is 15.9 Å². The number of carbonyl (C=O) groups is 1. The molecular weight excluding hydrogens is 448 g/mol. The van der Waals surface area contributed by atoms with E-state index >= 15 is 0 Å². The summed E-state index contributed by atoms with van der Waals surface area (Å²) >= 11 is 5.88. The molecule has 2 aromatic carbocycles. The van der Waals surface area contributed by atoms with Crippen LogP contribution in [0.5, 0.6) is 5.75 Å². The average molecular weight is 477 g/mol. The van der Waals surface area contributed by atoms with Gasteiger partial charge in [-0.1, -0.05) is 35.4 Å². The number of methoxy groups -OCH3 is 1. The fourth-order valence-corrected chi connectivity index (χ4v) is 5.04. The summed E-state index contributed by atoms with van der Waals surface area (Å²) in [5.41, 5.74) is 2.06. The van der Waals surface area contributed by atoms with Crippen LogP contribution in [0.1, 0.15) is 50.1 Å². The van der Waals surface area contributed by atoms with E-state index in [1.165, 1.54) is 42.7 Å². The third-order valence-corrected chi connectivity index (χ3v) is 7.22. The molecule has 0 saturated carbocycles. The monoisotopic (exact) mass is 476 g/mol. The summed E-state index contributed by atoms with van der Waals surface area (Å²) < 4.78 is 33.7. The molecule has 0 spiro atoms. The summed E-state index contributed by atoms with van der Waals surface area (Å²) in [5.74, 6) is 0.444. The van der Waals surface area contributed by atoms with Crippen LogP contribution >= 0.6 is 11.6 Å². The van der Waals surface area contributed by atoms with Gasteiger partial charge in [0.1, 0.15) is 5.75 Å². The number of rotatable bonds is 10. The van der Waals surface area contributed by atoms with Gasteiger partial charge in [0.05, 0.1) is 18.0 Å². The predicted molar refractivity (Wildman–Crippen MR) is 126 cm³/mol. The summed E-state index contributed by atoms with van der Waals surface area (Å²) in [6.07, 6.45) is 7.70. The lowest BCUT2D eigenvalue weighted by Gasteiger charge is -2.20. The second-order valence-electron chi connectivity index (χ2n) is 7.81. The van der Waals surface area contributed by atoms with Gasteiger partial charge in [-0.15, -0.1) is 0 Å². The van der Waals surface area contributed by atoms with Crippen LogP contribution in [0.4, 0.5) is 0 Å². The molecule has 2 N–H and O–H groups in total. The molecule has 3 rings (SSSR count). The highest BCUT2D eigenvalue weighted by atomic mass is 35.5. The van der Waals surface area contributed by atoms with Gasteiger partial charge in [0.15, 0.2) is 0 Å². The molecule has 0 heterocycles. The number of carbonyl (C=O) groups excluding carboxylic acids is 1. The first-order chi connectivity index (χ1) is 15.4. The molecule has 0 aliphatic heterocycles. The van der Waals surface area contributed by atoms with Crippen LogP contribution in [-0.2, 0) is 14.8 Å². The molecular formula is C24H29ClN2O4S. The van der Waals surface area contributed by atoms with Crippen LogP contribution in [0.3, 0.4) is 0 Å². The lowest BCUT2D eigenvalue weighted by molar-refractivity contribution is -0.121. The van der Waals surface area contributed by atoms with E-state index in [0.717, 1.165) is 19.3 Å². The van der Waals surface area contributed by atoms with Crippen molar-refractivity contribution < 1.29 is 17.9 Å². The molecule has 32 heavy (non-hydrogen) atoms. The van der Waals surface area contributed by atoms with Gasteiger partial charge in [0, 0.05) is 18.0 Å². The Labute approximate surface area is 195 Å². The Kier molecular flexibility index (Phi) is 8.73. The molecule has 0 fully saturated rings. The molecule has 1 aliphatic carbocycles. The lowest BCUT2D eigenvalue weighted by atomic mass is 9.97. The maximum atomic E-state index is 12.9. The number of hydrogen-bond donors (Lipinski definition) is 2. The minimum atomic E-state index is -3.85. The fraction of sp³-hybridized carbons (Fsp3) is 0.375. The van der Waals surface area contributed by atoms with Crippen molar-refractivity contribution in [2.24, 2.45) is 0 Å². The van der Waals surface area contributed by atoms with E-state index in [4.69, 9.17) is 16.3 Å². The SMILES string of the molecule is COc1ccc([C@H](CC(=O)NCCC2=CCCCC2)NS(=O)(=O)c2ccc(Cl)cc2)cc1. The van der Waals surface area contributed by atoms with Gasteiger partial charge in [-0.25, -0.2) is 13.1 Å². The van der Waals surface area contributed by atoms with E-state index in [1.807, 2.05) is 0 Å². The predicted octanol–water partition coefficient (Wildman–Crippen LogP) is 4.77. The minimum absolute atomic E-state index is 0.0157. The number of halogens is 1. The van der Waals surface area contributed by atoms with Crippen LogP contribution in [0.25, 0.3) is 0 Å². The highest BCUT2D eigenvalue weighted by Crippen LogP contribution is 2.24. The Bertz CT molecular complexity index is 1030. The number of allylic oxidation sites excluding steroid dienone is 1. The third-order valence-electron chi connectivity index (χ3n) is 5.48. The number of amides is 1. The van der Waals surface area contributed by atoms with E-state index in [0.29, 0.717) is 22.9 Å². The quantitative estimate of drug-likeness (QED) is 0.484. The van der Waals surface area contributed by atoms with Gasteiger partial charge in [-0.3, -0.25) is 4.79 Å². The normalized spacial score (nSPS) is 15.0. The Balaban J connectivity index is 1.70. The Morgan fingerprint density at radius 1 is 1.09 bits per heavy atom. The Hall–Kier alpha value is -2.35. The van der Waals surface area contributed by atoms with Crippen LogP contribution in [-0.4, -0.2) is 28.0 Å². The second-order valence-corrected chi connectivity index (χ2v) is 9.96. The minimum Gasteiger partial charge on any atom is -0.497 e. The maximum absolute atomic E-state index is 12.9. The molecule has 0 saturated heterocycles.